The molecule has 2 aromatic rings. The molecule has 0 atom stereocenters. The van der Waals surface area contributed by atoms with E-state index in [4.69, 9.17) is 0 Å². The zero-order chi connectivity index (χ0) is 21.5. The third-order valence-electron chi connectivity index (χ3n) is 4.66. The van der Waals surface area contributed by atoms with Crippen molar-refractivity contribution >= 4 is 53.3 Å². The highest BCUT2D eigenvalue weighted by atomic mass is 127. The van der Waals surface area contributed by atoms with Gasteiger partial charge in [0.05, 0.1) is 25.5 Å². The van der Waals surface area contributed by atoms with Gasteiger partial charge in [0.15, 0.2) is 5.96 Å². The van der Waals surface area contributed by atoms with Crippen LogP contribution >= 0.6 is 24.0 Å². The number of rotatable bonds is 5. The summed E-state index contributed by atoms with van der Waals surface area (Å²) >= 11 is 0. The van der Waals surface area contributed by atoms with E-state index in [9.17, 15) is 9.59 Å². The summed E-state index contributed by atoms with van der Waals surface area (Å²) in [6.45, 7) is 4.66. The number of nitrogens with one attached hydrogen (secondary N) is 2. The fourth-order valence-electron chi connectivity index (χ4n) is 3.13. The van der Waals surface area contributed by atoms with Gasteiger partial charge in [0.2, 0.25) is 5.91 Å². The number of methoxy groups -OCH3 is 1. The number of piperazine rings is 1. The van der Waals surface area contributed by atoms with Crippen molar-refractivity contribution in [1.29, 1.82) is 0 Å². The molecule has 2 N–H and O–H groups in total. The number of hydrogen-bond donors (Lipinski definition) is 2. The van der Waals surface area contributed by atoms with Crippen LogP contribution < -0.4 is 15.5 Å². The molecule has 1 aliphatic heterocycles. The van der Waals surface area contributed by atoms with Gasteiger partial charge in [-0.25, -0.2) is 9.79 Å². The molecule has 1 saturated heterocycles. The summed E-state index contributed by atoms with van der Waals surface area (Å²) in [4.78, 5) is 32.3. The number of halogens is 1. The van der Waals surface area contributed by atoms with Crippen LogP contribution in [0.15, 0.2) is 41.7 Å². The molecule has 0 unspecified atom stereocenters. The Morgan fingerprint density at radius 2 is 2.00 bits per heavy atom. The number of hydrogen-bond acceptors (Lipinski definition) is 5. The Labute approximate surface area is 198 Å². The summed E-state index contributed by atoms with van der Waals surface area (Å²) in [5.74, 6) is 0.714. The van der Waals surface area contributed by atoms with Crippen molar-refractivity contribution in [2.45, 2.75) is 13.5 Å². The van der Waals surface area contributed by atoms with E-state index in [0.717, 1.165) is 11.3 Å². The Morgan fingerprint density at radius 3 is 2.58 bits per heavy atom. The lowest BCUT2D eigenvalue weighted by Crippen LogP contribution is -2.55. The van der Waals surface area contributed by atoms with Gasteiger partial charge in [-0.05, 0) is 24.6 Å². The number of nitrogens with zero attached hydrogens (tertiary/aromatic N) is 5. The number of carbonyl (C=O) groups is 2. The van der Waals surface area contributed by atoms with E-state index in [-0.39, 0.29) is 36.4 Å². The topological polar surface area (TPSA) is 104 Å². The molecule has 0 bridgehead atoms. The summed E-state index contributed by atoms with van der Waals surface area (Å²) < 4.78 is 6.27. The number of guanidine groups is 1. The highest BCUT2D eigenvalue weighted by Gasteiger charge is 2.27. The minimum absolute atomic E-state index is 0. The molecule has 10 nitrogen and oxygen atoms in total. The van der Waals surface area contributed by atoms with Crippen molar-refractivity contribution in [3.05, 3.63) is 42.2 Å². The quantitative estimate of drug-likeness (QED) is 0.341. The molecule has 0 saturated carbocycles. The van der Waals surface area contributed by atoms with Crippen LogP contribution in [0.5, 0.6) is 0 Å². The molecule has 1 aliphatic rings. The summed E-state index contributed by atoms with van der Waals surface area (Å²) in [6.07, 6.45) is 3.03. The smallest absolute Gasteiger partial charge is 0.411 e. The summed E-state index contributed by atoms with van der Waals surface area (Å²) in [6, 6.07) is 7.38. The number of ether oxygens (including phenoxy) is 1. The predicted molar refractivity (Wildman–Crippen MR) is 130 cm³/mol. The Balaban J connectivity index is 0.00000341. The van der Waals surface area contributed by atoms with Crippen molar-refractivity contribution in [3.8, 4) is 0 Å². The standard InChI is InChI=1S/C20H27N7O3.HI/c1-4-21-19(22-11-15-5-7-16(8-6-15)24-20(29)30-3)26-9-10-27(18(28)14-26)17-12-23-25(2)13-17;/h5-8,12-13H,4,9-11,14H2,1-3H3,(H,21,22)(H,24,29);1H. The molecule has 3 rings (SSSR count). The van der Waals surface area contributed by atoms with E-state index in [1.54, 1.807) is 27.9 Å². The molecular formula is C20H28IN7O3. The van der Waals surface area contributed by atoms with Crippen molar-refractivity contribution < 1.29 is 14.3 Å². The molecule has 2 amide bonds. The minimum Gasteiger partial charge on any atom is -0.453 e. The minimum atomic E-state index is -0.509. The van der Waals surface area contributed by atoms with Crippen LogP contribution in [0.3, 0.4) is 0 Å². The Hall–Kier alpha value is -2.83. The first-order valence-electron chi connectivity index (χ1n) is 9.76. The molecule has 1 aromatic heterocycles. The maximum Gasteiger partial charge on any atom is 0.411 e. The number of amides is 2. The van der Waals surface area contributed by atoms with E-state index in [1.807, 2.05) is 37.2 Å². The summed E-state index contributed by atoms with van der Waals surface area (Å²) in [7, 11) is 3.15. The first kappa shape index (κ1) is 24.4. The van der Waals surface area contributed by atoms with E-state index in [1.165, 1.54) is 7.11 Å². The van der Waals surface area contributed by atoms with Gasteiger partial charge < -0.3 is 19.9 Å². The maximum absolute atomic E-state index is 12.7. The van der Waals surface area contributed by atoms with Crippen LogP contribution in [0.25, 0.3) is 0 Å². The number of benzene rings is 1. The number of aliphatic imine (C=N–C) groups is 1. The Kier molecular flexibility index (Phi) is 9.09. The second-order valence-corrected chi connectivity index (χ2v) is 6.82. The van der Waals surface area contributed by atoms with Gasteiger partial charge in [-0.15, -0.1) is 24.0 Å². The molecule has 31 heavy (non-hydrogen) atoms. The zero-order valence-corrected chi connectivity index (χ0v) is 20.2. The first-order valence-corrected chi connectivity index (χ1v) is 9.76. The van der Waals surface area contributed by atoms with Crippen LogP contribution in [0, 0.1) is 0 Å². The average molecular weight is 541 g/mol. The number of aromatic nitrogens is 2. The normalized spacial score (nSPS) is 14.2. The van der Waals surface area contributed by atoms with Crippen LogP contribution in [-0.4, -0.2) is 65.9 Å². The van der Waals surface area contributed by atoms with Crippen molar-refractivity contribution in [2.24, 2.45) is 12.0 Å². The molecule has 168 valence electrons. The second kappa shape index (κ2) is 11.5. The molecule has 0 spiro atoms. The van der Waals surface area contributed by atoms with Crippen LogP contribution in [0.2, 0.25) is 0 Å². The van der Waals surface area contributed by atoms with Crippen molar-refractivity contribution in [1.82, 2.24) is 20.0 Å². The second-order valence-electron chi connectivity index (χ2n) is 6.82. The first-order chi connectivity index (χ1) is 14.5. The van der Waals surface area contributed by atoms with Gasteiger partial charge in [0.1, 0.15) is 6.54 Å². The number of anilines is 2. The third kappa shape index (κ3) is 6.57. The third-order valence-corrected chi connectivity index (χ3v) is 4.66. The molecule has 0 aliphatic carbocycles. The van der Waals surface area contributed by atoms with E-state index >= 15 is 0 Å². The molecule has 1 fully saturated rings. The monoisotopic (exact) mass is 541 g/mol. The van der Waals surface area contributed by atoms with E-state index < -0.39 is 6.09 Å². The summed E-state index contributed by atoms with van der Waals surface area (Å²) in [5, 5.41) is 10.0. The predicted octanol–water partition coefficient (Wildman–Crippen LogP) is 2.03. The van der Waals surface area contributed by atoms with E-state index in [0.29, 0.717) is 37.8 Å². The van der Waals surface area contributed by atoms with Gasteiger partial charge in [0.25, 0.3) is 0 Å². The van der Waals surface area contributed by atoms with Gasteiger partial charge in [0, 0.05) is 38.6 Å². The van der Waals surface area contributed by atoms with Crippen LogP contribution in [-0.2, 0) is 23.1 Å². The highest BCUT2D eigenvalue weighted by Crippen LogP contribution is 2.16. The highest BCUT2D eigenvalue weighted by molar-refractivity contribution is 14.0. The lowest BCUT2D eigenvalue weighted by atomic mass is 10.2. The van der Waals surface area contributed by atoms with Gasteiger partial charge >= 0.3 is 6.09 Å². The van der Waals surface area contributed by atoms with Crippen LogP contribution in [0.1, 0.15) is 12.5 Å². The average Bonchev–Trinajstić information content (AvgIpc) is 3.18. The summed E-state index contributed by atoms with van der Waals surface area (Å²) in [5.41, 5.74) is 2.45. The molecular weight excluding hydrogens is 513 g/mol. The fourth-order valence-corrected chi connectivity index (χ4v) is 3.13. The molecule has 11 heteroatoms. The molecule has 0 radical (unpaired) electrons. The Morgan fingerprint density at radius 1 is 1.26 bits per heavy atom. The van der Waals surface area contributed by atoms with Crippen LogP contribution in [0.4, 0.5) is 16.2 Å². The SMILES string of the molecule is CCNC(=NCc1ccc(NC(=O)OC)cc1)N1CCN(c2cnn(C)c2)C(=O)C1.I. The number of carbonyl (C=O) groups excluding carboxylic acids is 2. The van der Waals surface area contributed by atoms with Gasteiger partial charge in [-0.1, -0.05) is 12.1 Å². The Bertz CT molecular complexity index is 914. The van der Waals surface area contributed by atoms with Crippen molar-refractivity contribution in [3.63, 3.8) is 0 Å². The lowest BCUT2D eigenvalue weighted by Gasteiger charge is -2.35. The largest absolute Gasteiger partial charge is 0.453 e. The molecule has 1 aromatic carbocycles. The molecule has 2 heterocycles. The maximum atomic E-state index is 12.7. The number of aryl methyl sites for hydroxylation is 1. The van der Waals surface area contributed by atoms with Gasteiger partial charge in [-0.2, -0.15) is 5.10 Å². The fraction of sp³-hybridized carbons (Fsp3) is 0.400. The zero-order valence-electron chi connectivity index (χ0n) is 17.9. The van der Waals surface area contributed by atoms with Gasteiger partial charge in [-0.3, -0.25) is 14.8 Å². The van der Waals surface area contributed by atoms with Crippen molar-refractivity contribution in [2.75, 3.05) is 43.5 Å². The van der Waals surface area contributed by atoms with E-state index in [2.05, 4.69) is 25.5 Å². The lowest BCUT2D eigenvalue weighted by molar-refractivity contribution is -0.120.